The van der Waals surface area contributed by atoms with Gasteiger partial charge in [-0.25, -0.2) is 0 Å². The van der Waals surface area contributed by atoms with E-state index in [0.717, 1.165) is 22.2 Å². The molecule has 0 N–H and O–H groups in total. The van der Waals surface area contributed by atoms with Gasteiger partial charge in [-0.15, -0.1) is 0 Å². The van der Waals surface area contributed by atoms with Gasteiger partial charge in [-0.1, -0.05) is 59.7 Å². The van der Waals surface area contributed by atoms with Crippen LogP contribution < -0.4 is 0 Å². The van der Waals surface area contributed by atoms with Crippen molar-refractivity contribution in [2.75, 3.05) is 11.5 Å². The van der Waals surface area contributed by atoms with Crippen LogP contribution in [0.2, 0.25) is 0 Å². The van der Waals surface area contributed by atoms with Gasteiger partial charge in [0.1, 0.15) is 11.5 Å². The molecule has 1 aromatic heterocycles. The van der Waals surface area contributed by atoms with Crippen LogP contribution in [0.5, 0.6) is 0 Å². The average molecular weight is 353 g/mol. The highest BCUT2D eigenvalue weighted by Crippen LogP contribution is 2.31. The molecule has 3 rings (SSSR count). The number of benzene rings is 2. The van der Waals surface area contributed by atoms with Crippen molar-refractivity contribution in [3.63, 3.8) is 0 Å². The number of hydrogen-bond donors (Lipinski definition) is 0. The first-order valence-electron chi connectivity index (χ1n) is 8.58. The lowest BCUT2D eigenvalue weighted by Crippen LogP contribution is -2.20. The molecule has 0 fully saturated rings. The van der Waals surface area contributed by atoms with E-state index in [-0.39, 0.29) is 11.8 Å². The number of hydrogen-bond acceptors (Lipinski definition) is 2. The van der Waals surface area contributed by atoms with E-state index < -0.39 is 11.2 Å². The number of carbonyl (C=O) groups excluding carboxylic acids is 1. The van der Waals surface area contributed by atoms with Crippen LogP contribution in [0.25, 0.3) is 10.9 Å². The predicted octanol–water partition coefficient (Wildman–Crippen LogP) is 4.51. The van der Waals surface area contributed by atoms with Crippen LogP contribution in [0.15, 0.2) is 54.6 Å². The molecule has 0 bridgehead atoms. The first-order valence-corrected chi connectivity index (χ1v) is 10.1. The van der Waals surface area contributed by atoms with E-state index in [9.17, 15) is 9.35 Å². The Kier molecular flexibility index (Phi) is 5.30. The van der Waals surface area contributed by atoms with Crippen molar-refractivity contribution in [2.24, 2.45) is 0 Å². The van der Waals surface area contributed by atoms with Gasteiger partial charge in [-0.2, -0.15) is 0 Å². The zero-order valence-corrected chi connectivity index (χ0v) is 15.7. The molecular formula is C21H23NO2S. The SMILES string of the molecule is CC[S+]([O-])CC(C)n1c(C)c(C(=O)c2ccccc2)c2ccccc21. The molecule has 2 aromatic carbocycles. The van der Waals surface area contributed by atoms with Crippen molar-refractivity contribution in [3.8, 4) is 0 Å². The third-order valence-corrected chi connectivity index (χ3v) is 6.11. The Morgan fingerprint density at radius 3 is 2.44 bits per heavy atom. The molecule has 0 amide bonds. The minimum atomic E-state index is -0.852. The second kappa shape index (κ2) is 7.46. The molecule has 3 aromatic rings. The molecule has 0 saturated heterocycles. The summed E-state index contributed by atoms with van der Waals surface area (Å²) in [6, 6.07) is 17.4. The maximum atomic E-state index is 13.1. The van der Waals surface area contributed by atoms with Crippen molar-refractivity contribution < 1.29 is 9.35 Å². The van der Waals surface area contributed by atoms with Crippen LogP contribution in [0.1, 0.15) is 41.5 Å². The Labute approximate surface area is 151 Å². The van der Waals surface area contributed by atoms with E-state index in [0.29, 0.717) is 17.1 Å². The van der Waals surface area contributed by atoms with Crippen LogP contribution in [-0.2, 0) is 11.2 Å². The normalized spacial score (nSPS) is 13.8. The summed E-state index contributed by atoms with van der Waals surface area (Å²) >= 11 is -0.852. The Morgan fingerprint density at radius 1 is 1.12 bits per heavy atom. The molecule has 25 heavy (non-hydrogen) atoms. The van der Waals surface area contributed by atoms with Crippen LogP contribution >= 0.6 is 0 Å². The second-order valence-electron chi connectivity index (χ2n) is 6.29. The van der Waals surface area contributed by atoms with Crippen molar-refractivity contribution >= 4 is 27.9 Å². The van der Waals surface area contributed by atoms with Crippen molar-refractivity contribution in [1.29, 1.82) is 0 Å². The van der Waals surface area contributed by atoms with E-state index in [1.807, 2.05) is 68.4 Å². The summed E-state index contributed by atoms with van der Waals surface area (Å²) < 4.78 is 14.2. The highest BCUT2D eigenvalue weighted by atomic mass is 32.2. The van der Waals surface area contributed by atoms with Gasteiger partial charge in [0.2, 0.25) is 0 Å². The molecule has 130 valence electrons. The minimum Gasteiger partial charge on any atom is -0.616 e. The number of fused-ring (bicyclic) bond motifs is 1. The largest absolute Gasteiger partial charge is 0.616 e. The van der Waals surface area contributed by atoms with Crippen LogP contribution in [0, 0.1) is 6.92 Å². The Balaban J connectivity index is 2.14. The summed E-state index contributed by atoms with van der Waals surface area (Å²) in [5.41, 5.74) is 3.41. The van der Waals surface area contributed by atoms with Gasteiger partial charge in [0, 0.05) is 22.2 Å². The Hall–Kier alpha value is -2.04. The molecule has 0 aliphatic rings. The fourth-order valence-corrected chi connectivity index (χ4v) is 4.36. The van der Waals surface area contributed by atoms with Crippen molar-refractivity contribution in [2.45, 2.75) is 26.8 Å². The quantitative estimate of drug-likeness (QED) is 0.483. The monoisotopic (exact) mass is 353 g/mol. The molecule has 0 saturated carbocycles. The van der Waals surface area contributed by atoms with Gasteiger partial charge in [0.15, 0.2) is 5.78 Å². The van der Waals surface area contributed by atoms with E-state index >= 15 is 0 Å². The smallest absolute Gasteiger partial charge is 0.195 e. The van der Waals surface area contributed by atoms with E-state index in [1.54, 1.807) is 0 Å². The van der Waals surface area contributed by atoms with E-state index in [4.69, 9.17) is 0 Å². The van der Waals surface area contributed by atoms with Gasteiger partial charge in [-0.3, -0.25) is 4.79 Å². The summed E-state index contributed by atoms with van der Waals surface area (Å²) in [7, 11) is 0. The fourth-order valence-electron chi connectivity index (χ4n) is 3.44. The van der Waals surface area contributed by atoms with Crippen molar-refractivity contribution in [3.05, 3.63) is 71.4 Å². The molecule has 1 heterocycles. The summed E-state index contributed by atoms with van der Waals surface area (Å²) in [5.74, 6) is 1.28. The lowest BCUT2D eigenvalue weighted by molar-refractivity contribution is 0.103. The van der Waals surface area contributed by atoms with Gasteiger partial charge in [0.25, 0.3) is 0 Å². The lowest BCUT2D eigenvalue weighted by Gasteiger charge is -2.19. The molecule has 2 atom stereocenters. The zero-order chi connectivity index (χ0) is 18.0. The molecule has 0 aliphatic carbocycles. The fraction of sp³-hybridized carbons (Fsp3) is 0.286. The Morgan fingerprint density at radius 2 is 1.76 bits per heavy atom. The third-order valence-electron chi connectivity index (χ3n) is 4.61. The summed E-state index contributed by atoms with van der Waals surface area (Å²) in [5, 5.41) is 0.961. The van der Waals surface area contributed by atoms with Crippen LogP contribution in [0.4, 0.5) is 0 Å². The van der Waals surface area contributed by atoms with Gasteiger partial charge < -0.3 is 9.12 Å². The number of ketones is 1. The summed E-state index contributed by atoms with van der Waals surface area (Å²) in [4.78, 5) is 13.1. The zero-order valence-electron chi connectivity index (χ0n) is 14.9. The molecular weight excluding hydrogens is 330 g/mol. The predicted molar refractivity (Wildman–Crippen MR) is 105 cm³/mol. The topological polar surface area (TPSA) is 45.1 Å². The minimum absolute atomic E-state index is 0.0388. The molecule has 0 spiro atoms. The highest BCUT2D eigenvalue weighted by molar-refractivity contribution is 7.91. The lowest BCUT2D eigenvalue weighted by atomic mass is 10.0. The molecule has 0 radical (unpaired) electrons. The number of carbonyl (C=O) groups is 1. The standard InChI is InChI=1S/C21H23NO2S/c1-4-25(24)14-15(2)22-16(3)20(18-12-8-9-13-19(18)22)21(23)17-10-6-5-7-11-17/h5-13,15H,4,14H2,1-3H3. The number of nitrogens with zero attached hydrogens (tertiary/aromatic N) is 1. The third kappa shape index (κ3) is 3.37. The summed E-state index contributed by atoms with van der Waals surface area (Å²) in [6.07, 6.45) is 0. The molecule has 3 nitrogen and oxygen atoms in total. The number of aromatic nitrogens is 1. The molecule has 4 heteroatoms. The molecule has 0 aliphatic heterocycles. The second-order valence-corrected chi connectivity index (χ2v) is 8.08. The van der Waals surface area contributed by atoms with E-state index in [2.05, 4.69) is 11.5 Å². The first-order chi connectivity index (χ1) is 12.0. The van der Waals surface area contributed by atoms with E-state index in [1.165, 1.54) is 0 Å². The highest BCUT2D eigenvalue weighted by Gasteiger charge is 2.24. The summed E-state index contributed by atoms with van der Waals surface area (Å²) in [6.45, 7) is 6.00. The average Bonchev–Trinajstić information content (AvgIpc) is 2.93. The van der Waals surface area contributed by atoms with Crippen LogP contribution in [-0.4, -0.2) is 26.4 Å². The van der Waals surface area contributed by atoms with Crippen molar-refractivity contribution in [1.82, 2.24) is 4.57 Å². The Bertz CT molecular complexity index is 886. The van der Waals surface area contributed by atoms with Gasteiger partial charge in [0.05, 0.1) is 11.6 Å². The maximum absolute atomic E-state index is 13.1. The number of para-hydroxylation sites is 1. The molecule has 2 unspecified atom stereocenters. The first kappa shape index (κ1) is 17.8. The maximum Gasteiger partial charge on any atom is 0.195 e. The van der Waals surface area contributed by atoms with Gasteiger partial charge in [-0.05, 0) is 26.8 Å². The van der Waals surface area contributed by atoms with Crippen LogP contribution in [0.3, 0.4) is 0 Å². The number of rotatable bonds is 6. The van der Waals surface area contributed by atoms with Gasteiger partial charge >= 0.3 is 0 Å².